The minimum Gasteiger partial charge on any atom is -0.481 e. The van der Waals surface area contributed by atoms with Gasteiger partial charge in [-0.1, -0.05) is 69.4 Å². The van der Waals surface area contributed by atoms with Crippen molar-refractivity contribution in [3.63, 3.8) is 0 Å². The van der Waals surface area contributed by atoms with E-state index in [1.54, 1.807) is 6.08 Å². The van der Waals surface area contributed by atoms with Gasteiger partial charge in [0.1, 0.15) is 0 Å². The summed E-state index contributed by atoms with van der Waals surface area (Å²) in [5.41, 5.74) is 0. The highest BCUT2D eigenvalue weighted by atomic mass is 16.4. The molecule has 130 valence electrons. The van der Waals surface area contributed by atoms with Gasteiger partial charge in [-0.25, -0.2) is 0 Å². The number of carbonyl (C=O) groups is 2. The second-order valence-electron chi connectivity index (χ2n) is 5.76. The monoisotopic (exact) mass is 320 g/mol. The van der Waals surface area contributed by atoms with E-state index in [1.165, 1.54) is 44.6 Å². The van der Waals surface area contributed by atoms with E-state index in [-0.39, 0.29) is 12.2 Å². The highest BCUT2D eigenvalue weighted by Gasteiger charge is 1.99. The summed E-state index contributed by atoms with van der Waals surface area (Å²) in [4.78, 5) is 21.7. The third-order valence-electron chi connectivity index (χ3n) is 3.51. The summed E-state index contributed by atoms with van der Waals surface area (Å²) in [5.74, 6) is -0.871. The first-order chi connectivity index (χ1) is 11.2. The number of carboxylic acid groups (broad SMARTS) is 1. The fourth-order valence-corrected chi connectivity index (χ4v) is 2.15. The molecule has 23 heavy (non-hydrogen) atoms. The fraction of sp³-hybridized carbons (Fsp3) is 0.600. The van der Waals surface area contributed by atoms with E-state index in [0.717, 1.165) is 12.8 Å². The molecular weight excluding hydrogens is 288 g/mol. The zero-order valence-electron chi connectivity index (χ0n) is 14.5. The van der Waals surface area contributed by atoms with Crippen molar-refractivity contribution in [3.8, 4) is 0 Å². The van der Waals surface area contributed by atoms with Crippen LogP contribution in [0, 0.1) is 0 Å². The number of allylic oxidation sites excluding steroid dienone is 6. The topological polar surface area (TPSA) is 54.4 Å². The highest BCUT2D eigenvalue weighted by molar-refractivity contribution is 5.90. The molecule has 0 aliphatic rings. The summed E-state index contributed by atoms with van der Waals surface area (Å²) in [6.07, 6.45) is 22.3. The Morgan fingerprint density at radius 3 is 2.30 bits per heavy atom. The smallest absolute Gasteiger partial charge is 0.303 e. The molecule has 0 bridgehead atoms. The van der Waals surface area contributed by atoms with E-state index in [9.17, 15) is 9.59 Å². The molecule has 0 aromatic carbocycles. The van der Waals surface area contributed by atoms with Gasteiger partial charge in [-0.2, -0.15) is 0 Å². The molecule has 0 aliphatic carbocycles. The third-order valence-corrected chi connectivity index (χ3v) is 3.51. The van der Waals surface area contributed by atoms with E-state index in [4.69, 9.17) is 5.11 Å². The molecule has 3 heteroatoms. The average molecular weight is 320 g/mol. The Morgan fingerprint density at radius 2 is 1.57 bits per heavy atom. The van der Waals surface area contributed by atoms with E-state index in [0.29, 0.717) is 12.8 Å². The van der Waals surface area contributed by atoms with Crippen LogP contribution in [0.4, 0.5) is 0 Å². The maximum Gasteiger partial charge on any atom is 0.303 e. The number of ketones is 1. The summed E-state index contributed by atoms with van der Waals surface area (Å²) in [6.45, 7) is 2.24. The molecule has 1 N–H and O–H groups in total. The minimum absolute atomic E-state index is 0.0190. The zero-order valence-corrected chi connectivity index (χ0v) is 14.5. The number of aliphatic carboxylic acids is 1. The first-order valence-corrected chi connectivity index (χ1v) is 8.89. The summed E-state index contributed by atoms with van der Waals surface area (Å²) >= 11 is 0. The SMILES string of the molecule is CCCCCCCCC=CCC=CC=CC(=O)CCCC(=O)O. The molecule has 0 aliphatic heterocycles. The van der Waals surface area contributed by atoms with Crippen LogP contribution in [0.5, 0.6) is 0 Å². The number of carbonyl (C=O) groups excluding carboxylic acids is 1. The Morgan fingerprint density at radius 1 is 0.826 bits per heavy atom. The van der Waals surface area contributed by atoms with E-state index in [1.807, 2.05) is 12.2 Å². The van der Waals surface area contributed by atoms with Crippen molar-refractivity contribution in [1.82, 2.24) is 0 Å². The molecule has 0 spiro atoms. The Kier molecular flexibility index (Phi) is 15.5. The number of rotatable bonds is 15. The zero-order chi connectivity index (χ0) is 17.2. The quantitative estimate of drug-likeness (QED) is 0.184. The van der Waals surface area contributed by atoms with Gasteiger partial charge in [0.2, 0.25) is 0 Å². The molecule has 0 fully saturated rings. The van der Waals surface area contributed by atoms with E-state index < -0.39 is 5.97 Å². The first kappa shape index (κ1) is 21.4. The lowest BCUT2D eigenvalue weighted by atomic mass is 10.1. The van der Waals surface area contributed by atoms with Crippen molar-refractivity contribution < 1.29 is 14.7 Å². The number of hydrogen-bond acceptors (Lipinski definition) is 2. The van der Waals surface area contributed by atoms with Crippen molar-refractivity contribution in [3.05, 3.63) is 36.5 Å². The Bertz CT molecular complexity index is 392. The lowest BCUT2D eigenvalue weighted by Crippen LogP contribution is -1.97. The molecule has 0 unspecified atom stereocenters. The molecule has 3 nitrogen and oxygen atoms in total. The molecule has 0 saturated carbocycles. The molecule has 0 rings (SSSR count). The lowest BCUT2D eigenvalue weighted by Gasteiger charge is -1.97. The van der Waals surface area contributed by atoms with Gasteiger partial charge < -0.3 is 5.11 Å². The average Bonchev–Trinajstić information content (AvgIpc) is 2.51. The van der Waals surface area contributed by atoms with Crippen LogP contribution in [0.15, 0.2) is 36.5 Å². The van der Waals surface area contributed by atoms with Gasteiger partial charge in [0, 0.05) is 12.8 Å². The van der Waals surface area contributed by atoms with Crippen molar-refractivity contribution in [2.24, 2.45) is 0 Å². The van der Waals surface area contributed by atoms with Crippen molar-refractivity contribution in [2.75, 3.05) is 0 Å². The molecule has 0 radical (unpaired) electrons. The van der Waals surface area contributed by atoms with Gasteiger partial charge in [-0.3, -0.25) is 9.59 Å². The molecule has 0 aromatic rings. The normalized spacial score (nSPS) is 11.9. The molecule has 0 aromatic heterocycles. The minimum atomic E-state index is -0.852. The Hall–Kier alpha value is -1.64. The van der Waals surface area contributed by atoms with Crippen LogP contribution in [0.2, 0.25) is 0 Å². The molecule has 0 amide bonds. The number of carboxylic acids is 1. The van der Waals surface area contributed by atoms with Crippen molar-refractivity contribution >= 4 is 11.8 Å². The van der Waals surface area contributed by atoms with Crippen LogP contribution in [-0.4, -0.2) is 16.9 Å². The molecule has 0 atom stereocenters. The summed E-state index contributed by atoms with van der Waals surface area (Å²) in [7, 11) is 0. The third kappa shape index (κ3) is 18.3. The van der Waals surface area contributed by atoms with Crippen LogP contribution >= 0.6 is 0 Å². The second-order valence-corrected chi connectivity index (χ2v) is 5.76. The van der Waals surface area contributed by atoms with Gasteiger partial charge in [-0.15, -0.1) is 0 Å². The number of unbranched alkanes of at least 4 members (excludes halogenated alkanes) is 6. The number of hydrogen-bond donors (Lipinski definition) is 1. The lowest BCUT2D eigenvalue weighted by molar-refractivity contribution is -0.137. The summed E-state index contributed by atoms with van der Waals surface area (Å²) < 4.78 is 0. The maximum absolute atomic E-state index is 11.4. The van der Waals surface area contributed by atoms with Gasteiger partial charge >= 0.3 is 5.97 Å². The summed E-state index contributed by atoms with van der Waals surface area (Å²) in [5, 5.41) is 8.48. The molecule has 0 saturated heterocycles. The van der Waals surface area contributed by atoms with Crippen LogP contribution in [0.3, 0.4) is 0 Å². The first-order valence-electron chi connectivity index (χ1n) is 8.89. The van der Waals surface area contributed by atoms with Crippen molar-refractivity contribution in [1.29, 1.82) is 0 Å². The van der Waals surface area contributed by atoms with Crippen LogP contribution in [0.25, 0.3) is 0 Å². The van der Waals surface area contributed by atoms with Gasteiger partial charge in [0.15, 0.2) is 5.78 Å². The van der Waals surface area contributed by atoms with Crippen LogP contribution in [-0.2, 0) is 9.59 Å². The van der Waals surface area contributed by atoms with Gasteiger partial charge in [0.25, 0.3) is 0 Å². The largest absolute Gasteiger partial charge is 0.481 e. The fourth-order valence-electron chi connectivity index (χ4n) is 2.15. The second kappa shape index (κ2) is 16.7. The predicted molar refractivity (Wildman–Crippen MR) is 96.5 cm³/mol. The predicted octanol–water partition coefficient (Wildman–Crippen LogP) is 5.62. The summed E-state index contributed by atoms with van der Waals surface area (Å²) in [6, 6.07) is 0. The Balaban J connectivity index is 3.51. The van der Waals surface area contributed by atoms with E-state index in [2.05, 4.69) is 19.1 Å². The van der Waals surface area contributed by atoms with Crippen molar-refractivity contribution in [2.45, 2.75) is 77.6 Å². The van der Waals surface area contributed by atoms with E-state index >= 15 is 0 Å². The standard InChI is InChI=1S/C20H32O3/c1-2-3-4-5-6-7-8-9-10-11-12-13-14-16-19(21)17-15-18-20(22)23/h9-10,12-14,16H,2-8,11,15,17-18H2,1H3,(H,22,23). The van der Waals surface area contributed by atoms with Crippen LogP contribution in [0.1, 0.15) is 77.6 Å². The highest BCUT2D eigenvalue weighted by Crippen LogP contribution is 2.07. The maximum atomic E-state index is 11.4. The van der Waals surface area contributed by atoms with Gasteiger partial charge in [0.05, 0.1) is 0 Å². The Labute approximate surface area is 141 Å². The molecule has 0 heterocycles. The molecular formula is C20H32O3. The van der Waals surface area contributed by atoms with Gasteiger partial charge in [-0.05, 0) is 31.8 Å². The van der Waals surface area contributed by atoms with Crippen LogP contribution < -0.4 is 0 Å².